The van der Waals surface area contributed by atoms with Gasteiger partial charge >= 0.3 is 5.97 Å². The van der Waals surface area contributed by atoms with E-state index in [1.165, 1.54) is 7.11 Å². The monoisotopic (exact) mass is 191 g/mol. The molecule has 0 aliphatic rings. The number of fused-ring (bicyclic) bond motifs is 1. The summed E-state index contributed by atoms with van der Waals surface area (Å²) < 4.78 is 9.88. The number of nitrogens with zero attached hydrogens (tertiary/aromatic N) is 1. The fraction of sp³-hybridized carbons (Fsp3) is 0.200. The highest BCUT2D eigenvalue weighted by molar-refractivity contribution is 5.93. The highest BCUT2D eigenvalue weighted by Gasteiger charge is 2.08. The highest BCUT2D eigenvalue weighted by atomic mass is 16.5. The Morgan fingerprint density at radius 1 is 1.50 bits per heavy atom. The summed E-state index contributed by atoms with van der Waals surface area (Å²) >= 11 is 0. The lowest BCUT2D eigenvalue weighted by molar-refractivity contribution is 0.0601. The third kappa shape index (κ3) is 1.35. The Kier molecular flexibility index (Phi) is 1.96. The average molecular weight is 191 g/mol. The first kappa shape index (κ1) is 8.74. The molecule has 0 N–H and O–H groups in total. The van der Waals surface area contributed by atoms with Gasteiger partial charge in [-0.25, -0.2) is 9.78 Å². The van der Waals surface area contributed by atoms with Crippen LogP contribution in [-0.2, 0) is 4.74 Å². The van der Waals surface area contributed by atoms with Crippen molar-refractivity contribution in [2.24, 2.45) is 0 Å². The van der Waals surface area contributed by atoms with Gasteiger partial charge in [0.15, 0.2) is 11.5 Å². The summed E-state index contributed by atoms with van der Waals surface area (Å²) in [5.41, 5.74) is 1.82. The van der Waals surface area contributed by atoms with Gasteiger partial charge in [-0.05, 0) is 18.2 Å². The molecule has 0 fully saturated rings. The van der Waals surface area contributed by atoms with Crippen LogP contribution in [0.2, 0.25) is 0 Å². The fourth-order valence-electron chi connectivity index (χ4n) is 1.28. The van der Waals surface area contributed by atoms with Gasteiger partial charge in [0.05, 0.1) is 12.7 Å². The van der Waals surface area contributed by atoms with E-state index in [-0.39, 0.29) is 5.97 Å². The van der Waals surface area contributed by atoms with Crippen LogP contribution in [0.3, 0.4) is 0 Å². The van der Waals surface area contributed by atoms with E-state index in [1.54, 1.807) is 25.1 Å². The second-order valence-corrected chi connectivity index (χ2v) is 2.91. The molecular formula is C10H9NO3. The highest BCUT2D eigenvalue weighted by Crippen LogP contribution is 2.17. The second-order valence-electron chi connectivity index (χ2n) is 2.91. The maximum Gasteiger partial charge on any atom is 0.337 e. The van der Waals surface area contributed by atoms with Gasteiger partial charge in [-0.2, -0.15) is 0 Å². The Morgan fingerprint density at radius 2 is 2.29 bits per heavy atom. The van der Waals surface area contributed by atoms with E-state index in [0.717, 1.165) is 5.52 Å². The molecule has 0 aliphatic heterocycles. The molecule has 0 radical (unpaired) electrons. The van der Waals surface area contributed by atoms with E-state index in [2.05, 4.69) is 9.72 Å². The number of aromatic nitrogens is 1. The standard InChI is InChI=1S/C10H9NO3/c1-6-11-8-4-3-7(10(12)13-2)5-9(8)14-6/h3-5H,1-2H3. The van der Waals surface area contributed by atoms with Crippen molar-refractivity contribution in [2.75, 3.05) is 7.11 Å². The molecule has 0 saturated carbocycles. The lowest BCUT2D eigenvalue weighted by atomic mass is 10.2. The number of methoxy groups -OCH3 is 1. The van der Waals surface area contributed by atoms with Crippen molar-refractivity contribution < 1.29 is 13.9 Å². The Hall–Kier alpha value is -1.84. The predicted molar refractivity (Wildman–Crippen MR) is 50.1 cm³/mol. The Bertz CT molecular complexity index is 487. The number of oxazole rings is 1. The van der Waals surface area contributed by atoms with E-state index >= 15 is 0 Å². The van der Waals surface area contributed by atoms with Crippen molar-refractivity contribution in [2.45, 2.75) is 6.92 Å². The van der Waals surface area contributed by atoms with Crippen LogP contribution in [0.25, 0.3) is 11.1 Å². The van der Waals surface area contributed by atoms with Crippen LogP contribution < -0.4 is 0 Å². The normalized spacial score (nSPS) is 10.4. The zero-order valence-electron chi connectivity index (χ0n) is 7.90. The van der Waals surface area contributed by atoms with Crippen LogP contribution in [0.4, 0.5) is 0 Å². The van der Waals surface area contributed by atoms with Gasteiger partial charge in [-0.1, -0.05) is 0 Å². The van der Waals surface area contributed by atoms with E-state index < -0.39 is 0 Å². The fourth-order valence-corrected chi connectivity index (χ4v) is 1.28. The lowest BCUT2D eigenvalue weighted by Crippen LogP contribution is -2.00. The SMILES string of the molecule is COC(=O)c1ccc2nc(C)oc2c1. The largest absolute Gasteiger partial charge is 0.465 e. The lowest BCUT2D eigenvalue weighted by Gasteiger charge is -1.96. The second kappa shape index (κ2) is 3.14. The number of hydrogen-bond donors (Lipinski definition) is 0. The average Bonchev–Trinajstić information content (AvgIpc) is 2.55. The summed E-state index contributed by atoms with van der Waals surface area (Å²) in [5, 5.41) is 0. The molecule has 4 heteroatoms. The van der Waals surface area contributed by atoms with Gasteiger partial charge in [0, 0.05) is 6.92 Å². The van der Waals surface area contributed by atoms with E-state index in [0.29, 0.717) is 17.0 Å². The van der Waals surface area contributed by atoms with Crippen molar-refractivity contribution >= 4 is 17.1 Å². The topological polar surface area (TPSA) is 52.3 Å². The van der Waals surface area contributed by atoms with E-state index in [1.807, 2.05) is 0 Å². The quantitative estimate of drug-likeness (QED) is 0.646. The minimum atomic E-state index is -0.374. The van der Waals surface area contributed by atoms with Gasteiger partial charge in [-0.3, -0.25) is 0 Å². The number of ether oxygens (including phenoxy) is 1. The summed E-state index contributed by atoms with van der Waals surface area (Å²) in [6.45, 7) is 1.76. The summed E-state index contributed by atoms with van der Waals surface area (Å²) in [6, 6.07) is 5.02. The number of carbonyl (C=O) groups is 1. The van der Waals surface area contributed by atoms with Gasteiger partial charge in [-0.15, -0.1) is 0 Å². The van der Waals surface area contributed by atoms with Crippen molar-refractivity contribution in [1.29, 1.82) is 0 Å². The van der Waals surface area contributed by atoms with Crippen LogP contribution in [0.5, 0.6) is 0 Å². The minimum absolute atomic E-state index is 0.374. The van der Waals surface area contributed by atoms with Gasteiger partial charge in [0.1, 0.15) is 5.52 Å². The zero-order chi connectivity index (χ0) is 10.1. The van der Waals surface area contributed by atoms with E-state index in [9.17, 15) is 4.79 Å². The molecule has 14 heavy (non-hydrogen) atoms. The van der Waals surface area contributed by atoms with Crippen molar-refractivity contribution in [1.82, 2.24) is 4.98 Å². The number of rotatable bonds is 1. The molecule has 2 rings (SSSR count). The first-order chi connectivity index (χ1) is 6.70. The predicted octanol–water partition coefficient (Wildman–Crippen LogP) is 1.92. The summed E-state index contributed by atoms with van der Waals surface area (Å²) in [4.78, 5) is 15.3. The zero-order valence-corrected chi connectivity index (χ0v) is 7.90. The summed E-state index contributed by atoms with van der Waals surface area (Å²) in [6.07, 6.45) is 0. The minimum Gasteiger partial charge on any atom is -0.465 e. The molecule has 0 atom stereocenters. The number of benzene rings is 1. The molecule has 0 bridgehead atoms. The molecule has 4 nitrogen and oxygen atoms in total. The Balaban J connectivity index is 2.55. The molecule has 1 aromatic carbocycles. The maximum absolute atomic E-state index is 11.2. The molecule has 0 amide bonds. The van der Waals surface area contributed by atoms with Crippen LogP contribution in [0.1, 0.15) is 16.2 Å². The van der Waals surface area contributed by atoms with Crippen LogP contribution in [0, 0.1) is 6.92 Å². The molecule has 0 aliphatic carbocycles. The summed E-state index contributed by atoms with van der Waals surface area (Å²) in [5.74, 6) is 0.211. The number of esters is 1. The van der Waals surface area contributed by atoms with Crippen molar-refractivity contribution in [3.63, 3.8) is 0 Å². The number of hydrogen-bond acceptors (Lipinski definition) is 4. The molecule has 0 saturated heterocycles. The third-order valence-electron chi connectivity index (χ3n) is 1.92. The number of aryl methyl sites for hydroxylation is 1. The van der Waals surface area contributed by atoms with Gasteiger partial charge < -0.3 is 9.15 Å². The van der Waals surface area contributed by atoms with Gasteiger partial charge in [0.2, 0.25) is 0 Å². The first-order valence-corrected chi connectivity index (χ1v) is 4.16. The molecule has 72 valence electrons. The van der Waals surface area contributed by atoms with Crippen molar-refractivity contribution in [3.05, 3.63) is 29.7 Å². The van der Waals surface area contributed by atoms with Crippen LogP contribution in [-0.4, -0.2) is 18.1 Å². The van der Waals surface area contributed by atoms with Gasteiger partial charge in [0.25, 0.3) is 0 Å². The number of carbonyl (C=O) groups excluding carboxylic acids is 1. The smallest absolute Gasteiger partial charge is 0.337 e. The van der Waals surface area contributed by atoms with Crippen molar-refractivity contribution in [3.8, 4) is 0 Å². The molecule has 1 heterocycles. The Labute approximate surface area is 80.5 Å². The Morgan fingerprint density at radius 3 is 3.00 bits per heavy atom. The molecule has 1 aromatic heterocycles. The van der Waals surface area contributed by atoms with Crippen LogP contribution in [0.15, 0.2) is 22.6 Å². The molecule has 0 spiro atoms. The molecule has 0 unspecified atom stereocenters. The maximum atomic E-state index is 11.2. The molecular weight excluding hydrogens is 182 g/mol. The molecule has 2 aromatic rings. The third-order valence-corrected chi connectivity index (χ3v) is 1.92. The van der Waals surface area contributed by atoms with Crippen LogP contribution >= 0.6 is 0 Å². The first-order valence-electron chi connectivity index (χ1n) is 4.16. The summed E-state index contributed by atoms with van der Waals surface area (Å²) in [7, 11) is 1.35. The van der Waals surface area contributed by atoms with E-state index in [4.69, 9.17) is 4.42 Å².